The fourth-order valence-electron chi connectivity index (χ4n) is 1.93. The summed E-state index contributed by atoms with van der Waals surface area (Å²) in [7, 11) is 0. The summed E-state index contributed by atoms with van der Waals surface area (Å²) in [4.78, 5) is 11.7. The van der Waals surface area contributed by atoms with E-state index < -0.39 is 0 Å². The van der Waals surface area contributed by atoms with Gasteiger partial charge in [-0.05, 0) is 43.3 Å². The maximum absolute atomic E-state index is 11.7. The van der Waals surface area contributed by atoms with Gasteiger partial charge in [0.05, 0.1) is 12.3 Å². The van der Waals surface area contributed by atoms with Crippen molar-refractivity contribution in [2.45, 2.75) is 20.8 Å². The van der Waals surface area contributed by atoms with E-state index in [1.165, 1.54) is 0 Å². The number of ether oxygens (including phenoxy) is 1. The summed E-state index contributed by atoms with van der Waals surface area (Å²) in [6.45, 7) is 6.33. The highest BCUT2D eigenvalue weighted by molar-refractivity contribution is 5.92. The average molecular weight is 298 g/mol. The van der Waals surface area contributed by atoms with E-state index in [4.69, 9.17) is 4.74 Å². The van der Waals surface area contributed by atoms with Crippen molar-refractivity contribution >= 4 is 23.0 Å². The second-order valence-corrected chi connectivity index (χ2v) is 5.28. The maximum Gasteiger partial charge on any atom is 0.226 e. The fourth-order valence-corrected chi connectivity index (χ4v) is 1.93. The van der Waals surface area contributed by atoms with Gasteiger partial charge in [-0.2, -0.15) is 0 Å². The Morgan fingerprint density at radius 2 is 1.68 bits per heavy atom. The average Bonchev–Trinajstić information content (AvgIpc) is 2.51. The second-order valence-electron chi connectivity index (χ2n) is 5.28. The number of rotatable bonds is 6. The van der Waals surface area contributed by atoms with Crippen molar-refractivity contribution < 1.29 is 9.53 Å². The molecule has 0 aliphatic carbocycles. The molecule has 1 amide bonds. The van der Waals surface area contributed by atoms with Gasteiger partial charge in [0.25, 0.3) is 0 Å². The van der Waals surface area contributed by atoms with Gasteiger partial charge in [-0.25, -0.2) is 0 Å². The summed E-state index contributed by atoms with van der Waals surface area (Å²) < 4.78 is 5.59. The largest absolute Gasteiger partial charge is 0.492 e. The lowest BCUT2D eigenvalue weighted by molar-refractivity contribution is -0.118. The van der Waals surface area contributed by atoms with Crippen molar-refractivity contribution in [1.29, 1.82) is 0 Å². The molecular formula is C18H22N2O2. The van der Waals surface area contributed by atoms with Crippen LogP contribution in [0.1, 0.15) is 20.8 Å². The molecule has 0 saturated carbocycles. The summed E-state index contributed by atoms with van der Waals surface area (Å²) >= 11 is 0. The van der Waals surface area contributed by atoms with Crippen LogP contribution in [0.15, 0.2) is 48.5 Å². The number of hydrogen-bond acceptors (Lipinski definition) is 3. The van der Waals surface area contributed by atoms with Gasteiger partial charge in [-0.15, -0.1) is 0 Å². The topological polar surface area (TPSA) is 50.4 Å². The number of carbonyl (C=O) groups is 1. The van der Waals surface area contributed by atoms with Gasteiger partial charge in [0.2, 0.25) is 5.91 Å². The molecule has 0 aliphatic heterocycles. The van der Waals surface area contributed by atoms with Crippen LogP contribution in [-0.4, -0.2) is 12.5 Å². The zero-order chi connectivity index (χ0) is 15.9. The zero-order valence-corrected chi connectivity index (χ0v) is 13.2. The summed E-state index contributed by atoms with van der Waals surface area (Å²) in [6, 6.07) is 15.4. The minimum absolute atomic E-state index is 0.0161. The van der Waals surface area contributed by atoms with E-state index in [0.29, 0.717) is 6.61 Å². The summed E-state index contributed by atoms with van der Waals surface area (Å²) in [6.07, 6.45) is 0. The molecular weight excluding hydrogens is 276 g/mol. The Kier molecular flexibility index (Phi) is 5.42. The molecule has 0 saturated heterocycles. The van der Waals surface area contributed by atoms with Crippen LogP contribution in [0.25, 0.3) is 0 Å². The standard InChI is InChI=1S/C18H22N2O2/c1-4-22-17-8-6-5-7-16(17)19-14-9-11-15(12-10-14)20-18(21)13(2)3/h5-13,19H,4H2,1-3H3,(H,20,21). The molecule has 2 rings (SSSR count). The SMILES string of the molecule is CCOc1ccccc1Nc1ccc(NC(=O)C(C)C)cc1. The highest BCUT2D eigenvalue weighted by atomic mass is 16.5. The molecule has 0 fully saturated rings. The third-order valence-corrected chi connectivity index (χ3v) is 3.14. The normalized spacial score (nSPS) is 10.4. The molecule has 0 spiro atoms. The molecule has 2 N–H and O–H groups in total. The van der Waals surface area contributed by atoms with E-state index >= 15 is 0 Å². The Bertz CT molecular complexity index is 621. The first-order chi connectivity index (χ1) is 10.6. The third-order valence-electron chi connectivity index (χ3n) is 3.14. The third kappa shape index (κ3) is 4.25. The van der Waals surface area contributed by atoms with Crippen LogP contribution >= 0.6 is 0 Å². The second kappa shape index (κ2) is 7.50. The number of carbonyl (C=O) groups excluding carboxylic acids is 1. The molecule has 0 radical (unpaired) electrons. The van der Waals surface area contributed by atoms with Gasteiger partial charge in [0.15, 0.2) is 0 Å². The number of anilines is 3. The Hall–Kier alpha value is -2.49. The van der Waals surface area contributed by atoms with Crippen LogP contribution in [0.2, 0.25) is 0 Å². The predicted octanol–water partition coefficient (Wildman–Crippen LogP) is 4.42. The van der Waals surface area contributed by atoms with Crippen LogP contribution < -0.4 is 15.4 Å². The molecule has 4 heteroatoms. The Morgan fingerprint density at radius 3 is 2.32 bits per heavy atom. The van der Waals surface area contributed by atoms with Crippen LogP contribution in [-0.2, 0) is 4.79 Å². The molecule has 2 aromatic carbocycles. The minimum Gasteiger partial charge on any atom is -0.492 e. The summed E-state index contributed by atoms with van der Waals surface area (Å²) in [5, 5.41) is 6.20. The molecule has 22 heavy (non-hydrogen) atoms. The monoisotopic (exact) mass is 298 g/mol. The number of para-hydroxylation sites is 2. The smallest absolute Gasteiger partial charge is 0.226 e. The Labute approximate surface area is 131 Å². The van der Waals surface area contributed by atoms with Crippen LogP contribution in [0.4, 0.5) is 17.1 Å². The first-order valence-electron chi connectivity index (χ1n) is 7.50. The summed E-state index contributed by atoms with van der Waals surface area (Å²) in [5.74, 6) is 0.806. The molecule has 2 aromatic rings. The van der Waals surface area contributed by atoms with Crippen molar-refractivity contribution in [2.75, 3.05) is 17.2 Å². The fraction of sp³-hybridized carbons (Fsp3) is 0.278. The summed E-state index contributed by atoms with van der Waals surface area (Å²) in [5.41, 5.74) is 2.65. The van der Waals surface area contributed by atoms with E-state index in [1.807, 2.05) is 69.3 Å². The zero-order valence-electron chi connectivity index (χ0n) is 13.2. The van der Waals surface area contributed by atoms with Crippen molar-refractivity contribution in [2.24, 2.45) is 5.92 Å². The van der Waals surface area contributed by atoms with Gasteiger partial charge in [-0.1, -0.05) is 26.0 Å². The van der Waals surface area contributed by atoms with Crippen molar-refractivity contribution in [3.63, 3.8) is 0 Å². The highest BCUT2D eigenvalue weighted by Gasteiger charge is 2.07. The van der Waals surface area contributed by atoms with Crippen LogP contribution in [0, 0.1) is 5.92 Å². The highest BCUT2D eigenvalue weighted by Crippen LogP contribution is 2.27. The molecule has 0 aromatic heterocycles. The molecule has 0 bridgehead atoms. The first kappa shape index (κ1) is 15.9. The minimum atomic E-state index is -0.0316. The predicted molar refractivity (Wildman–Crippen MR) is 90.8 cm³/mol. The molecule has 116 valence electrons. The van der Waals surface area contributed by atoms with E-state index in [1.54, 1.807) is 0 Å². The van der Waals surface area contributed by atoms with Gasteiger partial charge in [-0.3, -0.25) is 4.79 Å². The maximum atomic E-state index is 11.7. The molecule has 0 unspecified atom stereocenters. The van der Waals surface area contributed by atoms with Crippen molar-refractivity contribution in [3.8, 4) is 5.75 Å². The van der Waals surface area contributed by atoms with Gasteiger partial charge in [0, 0.05) is 17.3 Å². The number of amides is 1. The van der Waals surface area contributed by atoms with Crippen molar-refractivity contribution in [1.82, 2.24) is 0 Å². The van der Waals surface area contributed by atoms with Crippen LogP contribution in [0.3, 0.4) is 0 Å². The van der Waals surface area contributed by atoms with E-state index in [2.05, 4.69) is 10.6 Å². The molecule has 0 atom stereocenters. The van der Waals surface area contributed by atoms with Gasteiger partial charge >= 0.3 is 0 Å². The van der Waals surface area contributed by atoms with E-state index in [-0.39, 0.29) is 11.8 Å². The first-order valence-corrected chi connectivity index (χ1v) is 7.50. The van der Waals surface area contributed by atoms with E-state index in [9.17, 15) is 4.79 Å². The lowest BCUT2D eigenvalue weighted by atomic mass is 10.2. The van der Waals surface area contributed by atoms with Crippen molar-refractivity contribution in [3.05, 3.63) is 48.5 Å². The molecule has 0 heterocycles. The van der Waals surface area contributed by atoms with Gasteiger partial charge in [0.1, 0.15) is 5.75 Å². The van der Waals surface area contributed by atoms with E-state index in [0.717, 1.165) is 22.8 Å². The Balaban J connectivity index is 2.07. The lowest BCUT2D eigenvalue weighted by Gasteiger charge is -2.13. The Morgan fingerprint density at radius 1 is 1.05 bits per heavy atom. The quantitative estimate of drug-likeness (QED) is 0.829. The number of hydrogen-bond donors (Lipinski definition) is 2. The number of nitrogens with one attached hydrogen (secondary N) is 2. The van der Waals surface area contributed by atoms with Gasteiger partial charge < -0.3 is 15.4 Å². The molecule has 0 aliphatic rings. The van der Waals surface area contributed by atoms with Crippen LogP contribution in [0.5, 0.6) is 5.75 Å². The number of benzene rings is 2. The lowest BCUT2D eigenvalue weighted by Crippen LogP contribution is -2.17. The molecule has 4 nitrogen and oxygen atoms in total.